The minimum absolute atomic E-state index is 0.00584. The van der Waals surface area contributed by atoms with Crippen LogP contribution in [0.4, 0.5) is 5.69 Å². The Kier molecular flexibility index (Phi) is 5.36. The van der Waals surface area contributed by atoms with Gasteiger partial charge in [-0.3, -0.25) is 9.59 Å². The first-order chi connectivity index (χ1) is 13.0. The Morgan fingerprint density at radius 2 is 2.00 bits per heavy atom. The minimum Gasteiger partial charge on any atom is -0.497 e. The number of benzene rings is 1. The molecular weight excluding hydrogens is 352 g/mol. The predicted octanol–water partition coefficient (Wildman–Crippen LogP) is 1.65. The summed E-state index contributed by atoms with van der Waals surface area (Å²) < 4.78 is 15.6. The number of hydrogen-bond acceptors (Lipinski definition) is 6. The molecule has 1 atom stereocenters. The lowest BCUT2D eigenvalue weighted by atomic mass is 9.94. The second kappa shape index (κ2) is 7.71. The summed E-state index contributed by atoms with van der Waals surface area (Å²) in [7, 11) is 2.96. The molecule has 3 rings (SSSR count). The van der Waals surface area contributed by atoms with Crippen LogP contribution in [0.1, 0.15) is 18.6 Å². The van der Waals surface area contributed by atoms with Crippen LogP contribution in [0.3, 0.4) is 0 Å². The molecule has 0 spiro atoms. The van der Waals surface area contributed by atoms with Gasteiger partial charge in [0.1, 0.15) is 22.9 Å². The van der Waals surface area contributed by atoms with E-state index in [1.165, 1.54) is 20.5 Å². The quantitative estimate of drug-likeness (QED) is 0.636. The van der Waals surface area contributed by atoms with Crippen molar-refractivity contribution in [2.75, 3.05) is 26.1 Å². The van der Waals surface area contributed by atoms with Crippen molar-refractivity contribution < 1.29 is 28.6 Å². The number of hydrogen-bond donors (Lipinski definition) is 3. The molecule has 2 aromatic rings. The first-order valence-corrected chi connectivity index (χ1v) is 8.55. The van der Waals surface area contributed by atoms with Crippen molar-refractivity contribution in [1.82, 2.24) is 5.32 Å². The van der Waals surface area contributed by atoms with E-state index in [2.05, 4.69) is 10.6 Å². The molecule has 8 nitrogen and oxygen atoms in total. The van der Waals surface area contributed by atoms with Crippen molar-refractivity contribution in [2.24, 2.45) is 5.92 Å². The summed E-state index contributed by atoms with van der Waals surface area (Å²) in [5.41, 5.74) is -0.987. The van der Waals surface area contributed by atoms with Gasteiger partial charge in [0.25, 0.3) is 0 Å². The zero-order chi connectivity index (χ0) is 19.4. The third kappa shape index (κ3) is 4.06. The summed E-state index contributed by atoms with van der Waals surface area (Å²) in [5.74, 6) is -0.436. The highest BCUT2D eigenvalue weighted by molar-refractivity contribution is 6.39. The van der Waals surface area contributed by atoms with Gasteiger partial charge in [-0.25, -0.2) is 0 Å². The maximum atomic E-state index is 12.2. The smallest absolute Gasteiger partial charge is 0.313 e. The highest BCUT2D eigenvalue weighted by Gasteiger charge is 2.47. The third-order valence-corrected chi connectivity index (χ3v) is 4.58. The van der Waals surface area contributed by atoms with Crippen LogP contribution in [-0.4, -0.2) is 37.7 Å². The standard InChI is InChI=1S/C19H22N2O6/c1-25-13-7-8-14(15(10-13)26-2)21-18(23)17(22)20-11-19(24,12-5-6-12)16-4-3-9-27-16/h3-4,7-10,12,24H,5-6,11H2,1-2H3,(H,20,22)(H,21,23). The molecule has 1 aromatic heterocycles. The van der Waals surface area contributed by atoms with Gasteiger partial charge < -0.3 is 29.6 Å². The average molecular weight is 374 g/mol. The second-order valence-electron chi connectivity index (χ2n) is 6.38. The molecule has 0 aliphatic heterocycles. The van der Waals surface area contributed by atoms with E-state index >= 15 is 0 Å². The molecule has 2 amide bonds. The molecule has 3 N–H and O–H groups in total. The SMILES string of the molecule is COc1ccc(NC(=O)C(=O)NCC(O)(c2ccco2)C2CC2)c(OC)c1. The molecule has 1 aliphatic carbocycles. The van der Waals surface area contributed by atoms with Crippen LogP contribution in [-0.2, 0) is 15.2 Å². The van der Waals surface area contributed by atoms with E-state index < -0.39 is 17.4 Å². The molecule has 0 saturated heterocycles. The van der Waals surface area contributed by atoms with Gasteiger partial charge in [-0.15, -0.1) is 0 Å². The fraction of sp³-hybridized carbons (Fsp3) is 0.368. The monoisotopic (exact) mass is 374 g/mol. The van der Waals surface area contributed by atoms with Gasteiger partial charge >= 0.3 is 11.8 Å². The average Bonchev–Trinajstić information content (AvgIpc) is 3.40. The summed E-state index contributed by atoms with van der Waals surface area (Å²) in [6.45, 7) is -0.114. The van der Waals surface area contributed by atoms with Gasteiger partial charge in [0.15, 0.2) is 0 Å². The Hall–Kier alpha value is -3.00. The summed E-state index contributed by atoms with van der Waals surface area (Å²) >= 11 is 0. The highest BCUT2D eigenvalue weighted by Crippen LogP contribution is 2.45. The van der Waals surface area contributed by atoms with E-state index in [0.717, 1.165) is 12.8 Å². The zero-order valence-electron chi connectivity index (χ0n) is 15.2. The Balaban J connectivity index is 1.63. The van der Waals surface area contributed by atoms with Gasteiger partial charge in [-0.1, -0.05) is 0 Å². The summed E-state index contributed by atoms with van der Waals surface area (Å²) in [4.78, 5) is 24.4. The molecule has 0 bridgehead atoms. The van der Waals surface area contributed by atoms with Crippen molar-refractivity contribution in [3.8, 4) is 11.5 Å². The van der Waals surface area contributed by atoms with Crippen LogP contribution < -0.4 is 20.1 Å². The van der Waals surface area contributed by atoms with Crippen LogP contribution in [0.25, 0.3) is 0 Å². The lowest BCUT2D eigenvalue weighted by molar-refractivity contribution is -0.137. The van der Waals surface area contributed by atoms with Crippen LogP contribution in [0.15, 0.2) is 41.0 Å². The van der Waals surface area contributed by atoms with Crippen LogP contribution in [0, 0.1) is 5.92 Å². The molecule has 1 unspecified atom stereocenters. The zero-order valence-corrected chi connectivity index (χ0v) is 15.2. The third-order valence-electron chi connectivity index (χ3n) is 4.58. The number of aliphatic hydroxyl groups is 1. The van der Waals surface area contributed by atoms with Crippen molar-refractivity contribution >= 4 is 17.5 Å². The molecule has 0 radical (unpaired) electrons. The topological polar surface area (TPSA) is 110 Å². The van der Waals surface area contributed by atoms with Crippen molar-refractivity contribution in [3.63, 3.8) is 0 Å². The van der Waals surface area contributed by atoms with Gasteiger partial charge in [0, 0.05) is 6.07 Å². The fourth-order valence-corrected chi connectivity index (χ4v) is 2.89. The van der Waals surface area contributed by atoms with Crippen LogP contribution >= 0.6 is 0 Å². The summed E-state index contributed by atoms with van der Waals surface area (Å²) in [6, 6.07) is 8.14. The number of methoxy groups -OCH3 is 2. The molecule has 1 aromatic carbocycles. The molecular formula is C19H22N2O6. The number of carbonyl (C=O) groups excluding carboxylic acids is 2. The van der Waals surface area contributed by atoms with E-state index in [4.69, 9.17) is 13.9 Å². The second-order valence-corrected chi connectivity index (χ2v) is 6.38. The number of carbonyl (C=O) groups is 2. The van der Waals surface area contributed by atoms with Crippen molar-refractivity contribution in [1.29, 1.82) is 0 Å². The first-order valence-electron chi connectivity index (χ1n) is 8.55. The van der Waals surface area contributed by atoms with E-state index in [1.54, 1.807) is 30.3 Å². The Morgan fingerprint density at radius 1 is 1.22 bits per heavy atom. The largest absolute Gasteiger partial charge is 0.497 e. The molecule has 8 heteroatoms. The van der Waals surface area contributed by atoms with Crippen molar-refractivity contribution in [2.45, 2.75) is 18.4 Å². The number of nitrogens with one attached hydrogen (secondary N) is 2. The molecule has 27 heavy (non-hydrogen) atoms. The maximum Gasteiger partial charge on any atom is 0.313 e. The van der Waals surface area contributed by atoms with Gasteiger partial charge in [0.05, 0.1) is 32.7 Å². The van der Waals surface area contributed by atoms with Crippen LogP contribution in [0.2, 0.25) is 0 Å². The van der Waals surface area contributed by atoms with Gasteiger partial charge in [-0.2, -0.15) is 0 Å². The molecule has 1 heterocycles. The van der Waals surface area contributed by atoms with Crippen LogP contribution in [0.5, 0.6) is 11.5 Å². The maximum absolute atomic E-state index is 12.2. The molecule has 144 valence electrons. The van der Waals surface area contributed by atoms with E-state index in [0.29, 0.717) is 22.9 Å². The van der Waals surface area contributed by atoms with Gasteiger partial charge in [0.2, 0.25) is 0 Å². The van der Waals surface area contributed by atoms with E-state index in [9.17, 15) is 14.7 Å². The lowest BCUT2D eigenvalue weighted by Crippen LogP contribution is -2.45. The minimum atomic E-state index is -1.32. The Morgan fingerprint density at radius 3 is 2.59 bits per heavy atom. The lowest BCUT2D eigenvalue weighted by Gasteiger charge is -2.26. The number of anilines is 1. The molecule has 1 saturated carbocycles. The van der Waals surface area contributed by atoms with E-state index in [1.807, 2.05) is 0 Å². The van der Waals surface area contributed by atoms with Crippen molar-refractivity contribution in [3.05, 3.63) is 42.4 Å². The first kappa shape index (κ1) is 18.8. The summed E-state index contributed by atoms with van der Waals surface area (Å²) in [6.07, 6.45) is 3.14. The molecule has 1 aliphatic rings. The number of ether oxygens (including phenoxy) is 2. The number of rotatable bonds is 7. The Bertz CT molecular complexity index is 816. The fourth-order valence-electron chi connectivity index (χ4n) is 2.89. The highest BCUT2D eigenvalue weighted by atomic mass is 16.5. The predicted molar refractivity (Wildman–Crippen MR) is 96.5 cm³/mol. The van der Waals surface area contributed by atoms with Gasteiger partial charge in [-0.05, 0) is 43.0 Å². The normalized spacial score (nSPS) is 15.5. The summed E-state index contributed by atoms with van der Waals surface area (Å²) in [5, 5.41) is 15.9. The van der Waals surface area contributed by atoms with E-state index in [-0.39, 0.29) is 12.5 Å². The Labute approximate surface area is 156 Å². The number of furan rings is 1. The number of amides is 2. The molecule has 1 fully saturated rings.